The van der Waals surface area contributed by atoms with Gasteiger partial charge >= 0.3 is 0 Å². The Balaban J connectivity index is 0.00000162. The summed E-state index contributed by atoms with van der Waals surface area (Å²) < 4.78 is 5.18. The third kappa shape index (κ3) is 3.62. The van der Waals surface area contributed by atoms with Gasteiger partial charge in [0.05, 0.1) is 12.7 Å². The molecule has 1 fully saturated rings. The van der Waals surface area contributed by atoms with E-state index < -0.39 is 0 Å². The molecule has 2 N–H and O–H groups in total. The fourth-order valence-electron chi connectivity index (χ4n) is 2.06. The Morgan fingerprint density at radius 2 is 2.00 bits per heavy atom. The van der Waals surface area contributed by atoms with E-state index >= 15 is 0 Å². The maximum Gasteiger partial charge on any atom is 0.255 e. The largest absolute Gasteiger partial charge is 0.496 e. The molecular weight excluding hydrogens is 252 g/mol. The van der Waals surface area contributed by atoms with Gasteiger partial charge in [0.25, 0.3) is 5.91 Å². The van der Waals surface area contributed by atoms with Crippen molar-refractivity contribution >= 4 is 18.3 Å². The molecule has 5 heteroatoms. The van der Waals surface area contributed by atoms with Crippen LogP contribution in [0, 0.1) is 0 Å². The molecule has 0 spiro atoms. The lowest BCUT2D eigenvalue weighted by Gasteiger charge is -2.24. The van der Waals surface area contributed by atoms with Gasteiger partial charge in [-0.1, -0.05) is 12.1 Å². The molecule has 18 heavy (non-hydrogen) atoms. The number of piperidine rings is 1. The Hall–Kier alpha value is -1.26. The number of ether oxygens (including phenoxy) is 1. The molecule has 100 valence electrons. The number of hydrogen-bond acceptors (Lipinski definition) is 3. The Kier molecular flexibility index (Phi) is 5.95. The van der Waals surface area contributed by atoms with Crippen LogP contribution < -0.4 is 15.4 Å². The molecule has 0 bridgehead atoms. The van der Waals surface area contributed by atoms with E-state index in [0.29, 0.717) is 11.3 Å². The van der Waals surface area contributed by atoms with E-state index in [9.17, 15) is 4.79 Å². The molecule has 1 aromatic carbocycles. The quantitative estimate of drug-likeness (QED) is 0.877. The standard InChI is InChI=1S/C13H18N2O2.ClH/c1-17-12-5-3-2-4-11(12)13(16)15-10-6-8-14-9-7-10;/h2-5,10,14H,6-9H2,1H3,(H,15,16);1H. The molecule has 0 atom stereocenters. The highest BCUT2D eigenvalue weighted by Crippen LogP contribution is 2.17. The van der Waals surface area contributed by atoms with Gasteiger partial charge in [0, 0.05) is 6.04 Å². The molecule has 1 amide bonds. The van der Waals surface area contributed by atoms with Gasteiger partial charge < -0.3 is 15.4 Å². The summed E-state index contributed by atoms with van der Waals surface area (Å²) in [5.74, 6) is 0.577. The number of para-hydroxylation sites is 1. The second kappa shape index (κ2) is 7.24. The number of rotatable bonds is 3. The summed E-state index contributed by atoms with van der Waals surface area (Å²) in [6, 6.07) is 7.57. The highest BCUT2D eigenvalue weighted by molar-refractivity contribution is 5.97. The van der Waals surface area contributed by atoms with E-state index in [0.717, 1.165) is 25.9 Å². The monoisotopic (exact) mass is 270 g/mol. The molecule has 0 aliphatic carbocycles. The van der Waals surface area contributed by atoms with Crippen LogP contribution in [0.5, 0.6) is 5.75 Å². The van der Waals surface area contributed by atoms with E-state index in [1.54, 1.807) is 19.2 Å². The summed E-state index contributed by atoms with van der Waals surface area (Å²) in [5, 5.41) is 6.33. The number of methoxy groups -OCH3 is 1. The zero-order valence-corrected chi connectivity index (χ0v) is 11.3. The lowest BCUT2D eigenvalue weighted by molar-refractivity contribution is 0.0926. The van der Waals surface area contributed by atoms with Gasteiger partial charge in [0.15, 0.2) is 0 Å². The van der Waals surface area contributed by atoms with Crippen LogP contribution in [-0.4, -0.2) is 32.1 Å². The van der Waals surface area contributed by atoms with Crippen molar-refractivity contribution in [1.82, 2.24) is 10.6 Å². The Bertz CT molecular complexity index is 392. The first-order valence-corrected chi connectivity index (χ1v) is 5.96. The van der Waals surface area contributed by atoms with Crippen LogP contribution in [0.4, 0.5) is 0 Å². The molecule has 4 nitrogen and oxygen atoms in total. The minimum absolute atomic E-state index is 0. The van der Waals surface area contributed by atoms with Gasteiger partial charge in [-0.15, -0.1) is 12.4 Å². The molecule has 1 heterocycles. The zero-order chi connectivity index (χ0) is 12.1. The van der Waals surface area contributed by atoms with Gasteiger partial charge in [0.2, 0.25) is 0 Å². The number of amides is 1. The van der Waals surface area contributed by atoms with Crippen LogP contribution in [-0.2, 0) is 0 Å². The number of carbonyl (C=O) groups excluding carboxylic acids is 1. The number of hydrogen-bond donors (Lipinski definition) is 2. The fraction of sp³-hybridized carbons (Fsp3) is 0.462. The maximum absolute atomic E-state index is 12.1. The van der Waals surface area contributed by atoms with Crippen molar-refractivity contribution in [2.45, 2.75) is 18.9 Å². The van der Waals surface area contributed by atoms with Crippen LogP contribution in [0.2, 0.25) is 0 Å². The molecule has 1 saturated heterocycles. The lowest BCUT2D eigenvalue weighted by Crippen LogP contribution is -2.42. The smallest absolute Gasteiger partial charge is 0.255 e. The molecule has 0 radical (unpaired) electrons. The van der Waals surface area contributed by atoms with Crippen molar-refractivity contribution in [1.29, 1.82) is 0 Å². The number of carbonyl (C=O) groups is 1. The Labute approximate surface area is 114 Å². The van der Waals surface area contributed by atoms with Crippen molar-refractivity contribution in [3.63, 3.8) is 0 Å². The maximum atomic E-state index is 12.1. The zero-order valence-electron chi connectivity index (χ0n) is 10.4. The highest BCUT2D eigenvalue weighted by atomic mass is 35.5. The molecule has 0 saturated carbocycles. The van der Waals surface area contributed by atoms with Gasteiger partial charge in [-0.25, -0.2) is 0 Å². The van der Waals surface area contributed by atoms with Crippen molar-refractivity contribution in [2.24, 2.45) is 0 Å². The number of nitrogens with one attached hydrogen (secondary N) is 2. The Morgan fingerprint density at radius 1 is 1.33 bits per heavy atom. The first-order chi connectivity index (χ1) is 8.31. The first kappa shape index (κ1) is 14.8. The molecule has 1 aliphatic rings. The minimum atomic E-state index is -0.0469. The second-order valence-corrected chi connectivity index (χ2v) is 4.20. The average Bonchev–Trinajstić information content (AvgIpc) is 2.40. The molecule has 0 aromatic heterocycles. The summed E-state index contributed by atoms with van der Waals surface area (Å²) in [6.07, 6.45) is 1.97. The summed E-state index contributed by atoms with van der Waals surface area (Å²) in [4.78, 5) is 12.1. The SMILES string of the molecule is COc1ccccc1C(=O)NC1CCNCC1.Cl. The van der Waals surface area contributed by atoms with Gasteiger partial charge in [0.1, 0.15) is 5.75 Å². The van der Waals surface area contributed by atoms with Crippen molar-refractivity contribution in [3.8, 4) is 5.75 Å². The van der Waals surface area contributed by atoms with Crippen LogP contribution in [0.3, 0.4) is 0 Å². The van der Waals surface area contributed by atoms with Crippen LogP contribution in [0.15, 0.2) is 24.3 Å². The van der Waals surface area contributed by atoms with E-state index in [-0.39, 0.29) is 24.4 Å². The molecule has 1 aromatic rings. The van der Waals surface area contributed by atoms with Crippen molar-refractivity contribution < 1.29 is 9.53 Å². The third-order valence-electron chi connectivity index (χ3n) is 3.03. The normalized spacial score (nSPS) is 15.6. The molecule has 0 unspecified atom stereocenters. The number of halogens is 1. The summed E-state index contributed by atoms with van der Waals surface area (Å²) >= 11 is 0. The van der Waals surface area contributed by atoms with Crippen LogP contribution >= 0.6 is 12.4 Å². The van der Waals surface area contributed by atoms with E-state index in [1.807, 2.05) is 12.1 Å². The van der Waals surface area contributed by atoms with Crippen molar-refractivity contribution in [3.05, 3.63) is 29.8 Å². The van der Waals surface area contributed by atoms with Crippen LogP contribution in [0.1, 0.15) is 23.2 Å². The van der Waals surface area contributed by atoms with Crippen molar-refractivity contribution in [2.75, 3.05) is 20.2 Å². The van der Waals surface area contributed by atoms with E-state index in [1.165, 1.54) is 0 Å². The predicted octanol–water partition coefficient (Wildman–Crippen LogP) is 1.60. The second-order valence-electron chi connectivity index (χ2n) is 4.20. The number of benzene rings is 1. The molecular formula is C13H19ClN2O2. The fourth-order valence-corrected chi connectivity index (χ4v) is 2.06. The van der Waals surface area contributed by atoms with Crippen LogP contribution in [0.25, 0.3) is 0 Å². The van der Waals surface area contributed by atoms with E-state index in [2.05, 4.69) is 10.6 Å². The topological polar surface area (TPSA) is 50.4 Å². The minimum Gasteiger partial charge on any atom is -0.496 e. The predicted molar refractivity (Wildman–Crippen MR) is 73.6 cm³/mol. The first-order valence-electron chi connectivity index (χ1n) is 5.96. The lowest BCUT2D eigenvalue weighted by atomic mass is 10.1. The van der Waals surface area contributed by atoms with Gasteiger partial charge in [-0.3, -0.25) is 4.79 Å². The molecule has 1 aliphatic heterocycles. The van der Waals surface area contributed by atoms with Gasteiger partial charge in [-0.2, -0.15) is 0 Å². The summed E-state index contributed by atoms with van der Waals surface area (Å²) in [5.41, 5.74) is 0.605. The Morgan fingerprint density at radius 3 is 2.67 bits per heavy atom. The van der Waals surface area contributed by atoms with E-state index in [4.69, 9.17) is 4.74 Å². The average molecular weight is 271 g/mol. The third-order valence-corrected chi connectivity index (χ3v) is 3.03. The molecule has 2 rings (SSSR count). The summed E-state index contributed by atoms with van der Waals surface area (Å²) in [6.45, 7) is 1.94. The summed E-state index contributed by atoms with van der Waals surface area (Å²) in [7, 11) is 1.58. The highest BCUT2D eigenvalue weighted by Gasteiger charge is 2.18. The van der Waals surface area contributed by atoms with Gasteiger partial charge in [-0.05, 0) is 38.1 Å².